The van der Waals surface area contributed by atoms with Crippen molar-refractivity contribution in [1.82, 2.24) is 25.0 Å². The number of piperidine rings is 1. The van der Waals surface area contributed by atoms with E-state index in [2.05, 4.69) is 31.1 Å². The zero-order valence-corrected chi connectivity index (χ0v) is 32.0. The third-order valence-corrected chi connectivity index (χ3v) is 12.1. The van der Waals surface area contributed by atoms with E-state index in [0.717, 1.165) is 64.6 Å². The van der Waals surface area contributed by atoms with Gasteiger partial charge in [-0.2, -0.15) is 0 Å². The third kappa shape index (κ3) is 10.7. The van der Waals surface area contributed by atoms with Gasteiger partial charge < -0.3 is 35.6 Å². The molecule has 2 aliphatic carbocycles. The summed E-state index contributed by atoms with van der Waals surface area (Å²) in [5.41, 5.74) is 6.93. The van der Waals surface area contributed by atoms with Crippen molar-refractivity contribution in [2.75, 3.05) is 59.6 Å². The SMILES string of the molecule is CC(=O)NC1CCC(CO)CC1.CC1(C)C[C@@H]1C(=O)N1CC2(CN(C(=O)c3cncs3)C[C@H]2C(N)=O)C1.CCCC(=O)N1CCC[C@H](COC)C1.[HH].[HH]. The Bertz CT molecular complexity index is 1350. The maximum absolute atomic E-state index is 12.6. The van der Waals surface area contributed by atoms with Crippen molar-refractivity contribution in [3.05, 3.63) is 16.6 Å². The highest BCUT2D eigenvalue weighted by atomic mass is 32.1. The first kappa shape index (κ1) is 40.7. The molecule has 0 aromatic carbocycles. The molecular formula is C37H64N6O7S. The van der Waals surface area contributed by atoms with E-state index in [1.165, 1.54) is 17.8 Å². The maximum atomic E-state index is 12.6. The quantitative estimate of drug-likeness (QED) is 0.346. The summed E-state index contributed by atoms with van der Waals surface area (Å²) < 4.78 is 5.13. The van der Waals surface area contributed by atoms with Crippen LogP contribution < -0.4 is 11.1 Å². The molecule has 290 valence electrons. The molecule has 2 saturated carbocycles. The van der Waals surface area contributed by atoms with Gasteiger partial charge >= 0.3 is 0 Å². The Kier molecular flexibility index (Phi) is 14.4. The number of nitrogens with two attached hydrogens (primary N) is 1. The fourth-order valence-corrected chi connectivity index (χ4v) is 8.69. The number of ether oxygens (including phenoxy) is 1. The fourth-order valence-electron chi connectivity index (χ4n) is 8.10. The first-order valence-electron chi connectivity index (χ1n) is 18.6. The van der Waals surface area contributed by atoms with E-state index in [1.54, 1.807) is 30.6 Å². The summed E-state index contributed by atoms with van der Waals surface area (Å²) in [6.07, 6.45) is 10.6. The molecule has 14 heteroatoms. The third-order valence-electron chi connectivity index (χ3n) is 11.3. The van der Waals surface area contributed by atoms with Crippen LogP contribution in [0.5, 0.6) is 0 Å². The van der Waals surface area contributed by atoms with Gasteiger partial charge in [0.15, 0.2) is 0 Å². The second-order valence-corrected chi connectivity index (χ2v) is 16.8. The van der Waals surface area contributed by atoms with Gasteiger partial charge in [-0.3, -0.25) is 29.0 Å². The van der Waals surface area contributed by atoms with E-state index in [1.807, 2.05) is 9.80 Å². The molecule has 5 fully saturated rings. The Labute approximate surface area is 310 Å². The number of carbonyl (C=O) groups excluding carboxylic acids is 5. The number of aliphatic hydroxyl groups excluding tert-OH is 1. The van der Waals surface area contributed by atoms with Crippen LogP contribution in [0.3, 0.4) is 0 Å². The van der Waals surface area contributed by atoms with Crippen LogP contribution in [0.15, 0.2) is 11.7 Å². The number of thiazole rings is 1. The predicted octanol–water partition coefficient (Wildman–Crippen LogP) is 3.41. The number of primary amides is 1. The minimum Gasteiger partial charge on any atom is -0.396 e. The largest absolute Gasteiger partial charge is 0.396 e. The number of aromatic nitrogens is 1. The number of rotatable bonds is 9. The Balaban J connectivity index is 0.000000297. The number of aliphatic hydroxyl groups is 1. The first-order chi connectivity index (χ1) is 24.2. The summed E-state index contributed by atoms with van der Waals surface area (Å²) >= 11 is 1.29. The summed E-state index contributed by atoms with van der Waals surface area (Å²) in [6, 6.07) is 0.352. The van der Waals surface area contributed by atoms with Crippen LogP contribution in [-0.4, -0.2) is 120 Å². The van der Waals surface area contributed by atoms with Crippen molar-refractivity contribution in [2.45, 2.75) is 91.5 Å². The number of nitrogens with one attached hydrogen (secondary N) is 1. The van der Waals surface area contributed by atoms with E-state index >= 15 is 0 Å². The van der Waals surface area contributed by atoms with Crippen LogP contribution in [-0.2, 0) is 23.9 Å². The number of hydrogen-bond acceptors (Lipinski definition) is 9. The molecule has 5 aliphatic rings. The predicted molar refractivity (Wildman–Crippen MR) is 199 cm³/mol. The molecule has 4 heterocycles. The lowest BCUT2D eigenvalue weighted by atomic mass is 9.71. The summed E-state index contributed by atoms with van der Waals surface area (Å²) in [5.74, 6) is 0.748. The second kappa shape index (κ2) is 18.1. The average Bonchev–Trinajstić information content (AvgIpc) is 3.44. The molecule has 0 radical (unpaired) electrons. The van der Waals surface area contributed by atoms with Crippen molar-refractivity contribution in [3.63, 3.8) is 0 Å². The van der Waals surface area contributed by atoms with Crippen LogP contribution >= 0.6 is 11.3 Å². The van der Waals surface area contributed by atoms with Gasteiger partial charge in [-0.25, -0.2) is 0 Å². The molecule has 6 rings (SSSR count). The molecule has 1 aromatic heterocycles. The van der Waals surface area contributed by atoms with Gasteiger partial charge in [0.05, 0.1) is 24.2 Å². The maximum Gasteiger partial charge on any atom is 0.265 e. The van der Waals surface area contributed by atoms with Gasteiger partial charge in [-0.15, -0.1) is 11.3 Å². The molecule has 3 atom stereocenters. The smallest absolute Gasteiger partial charge is 0.265 e. The summed E-state index contributed by atoms with van der Waals surface area (Å²) in [6.45, 7) is 12.5. The summed E-state index contributed by atoms with van der Waals surface area (Å²) in [7, 11) is 1.73. The van der Waals surface area contributed by atoms with Crippen molar-refractivity contribution in [2.24, 2.45) is 40.2 Å². The minimum absolute atomic E-state index is 0. The Morgan fingerprint density at radius 2 is 1.69 bits per heavy atom. The summed E-state index contributed by atoms with van der Waals surface area (Å²) in [5, 5.41) is 11.8. The van der Waals surface area contributed by atoms with E-state index < -0.39 is 11.8 Å². The second-order valence-electron chi connectivity index (χ2n) is 16.0. The van der Waals surface area contributed by atoms with Crippen LogP contribution in [0.25, 0.3) is 0 Å². The molecule has 51 heavy (non-hydrogen) atoms. The van der Waals surface area contributed by atoms with Gasteiger partial charge in [-0.1, -0.05) is 20.8 Å². The van der Waals surface area contributed by atoms with Crippen LogP contribution in [0.2, 0.25) is 0 Å². The van der Waals surface area contributed by atoms with Crippen molar-refractivity contribution >= 4 is 40.9 Å². The van der Waals surface area contributed by atoms with Crippen LogP contribution in [0.1, 0.15) is 98.0 Å². The van der Waals surface area contributed by atoms with Gasteiger partial charge in [0, 0.05) is 86.6 Å². The molecule has 3 aliphatic heterocycles. The topological polar surface area (TPSA) is 175 Å². The van der Waals surface area contributed by atoms with Crippen molar-refractivity contribution < 1.29 is 36.7 Å². The molecule has 5 amide bonds. The highest BCUT2D eigenvalue weighted by molar-refractivity contribution is 7.11. The minimum atomic E-state index is -0.402. The number of likely N-dealkylation sites (tertiary alicyclic amines) is 3. The van der Waals surface area contributed by atoms with E-state index in [-0.39, 0.29) is 37.3 Å². The van der Waals surface area contributed by atoms with E-state index in [9.17, 15) is 24.0 Å². The monoisotopic (exact) mass is 736 g/mol. The number of carbonyl (C=O) groups is 5. The molecule has 0 bridgehead atoms. The number of hydrogen-bond donors (Lipinski definition) is 3. The molecule has 1 spiro atoms. The molecular weight excluding hydrogens is 673 g/mol. The Morgan fingerprint density at radius 1 is 1.02 bits per heavy atom. The Morgan fingerprint density at radius 3 is 2.22 bits per heavy atom. The molecule has 4 N–H and O–H groups in total. The van der Waals surface area contributed by atoms with Gasteiger partial charge in [0.25, 0.3) is 5.91 Å². The van der Waals surface area contributed by atoms with Crippen LogP contribution in [0, 0.1) is 34.5 Å². The fraction of sp³-hybridized carbons (Fsp3) is 0.784. The van der Waals surface area contributed by atoms with Gasteiger partial charge in [-0.05, 0) is 68.6 Å². The number of methoxy groups -OCH3 is 1. The van der Waals surface area contributed by atoms with Gasteiger partial charge in [0.1, 0.15) is 4.88 Å². The zero-order chi connectivity index (χ0) is 37.3. The van der Waals surface area contributed by atoms with E-state index in [4.69, 9.17) is 15.6 Å². The van der Waals surface area contributed by atoms with Crippen molar-refractivity contribution in [1.29, 1.82) is 0 Å². The normalized spacial score (nSPS) is 27.3. The first-order valence-corrected chi connectivity index (χ1v) is 19.5. The lowest BCUT2D eigenvalue weighted by molar-refractivity contribution is -0.150. The average molecular weight is 737 g/mol. The van der Waals surface area contributed by atoms with Crippen molar-refractivity contribution in [3.8, 4) is 0 Å². The molecule has 0 unspecified atom stereocenters. The zero-order valence-electron chi connectivity index (χ0n) is 31.2. The lowest BCUT2D eigenvalue weighted by Gasteiger charge is -2.50. The van der Waals surface area contributed by atoms with E-state index in [0.29, 0.717) is 67.9 Å². The van der Waals surface area contributed by atoms with Crippen LogP contribution in [0.4, 0.5) is 0 Å². The lowest BCUT2D eigenvalue weighted by Crippen LogP contribution is -2.64. The highest BCUT2D eigenvalue weighted by Gasteiger charge is 2.61. The standard InChI is InChI=1S/C17H22N4O3S.C11H21NO2.C9H17NO2.2H2/c1-16(2)3-10(16)14(23)21-7-17(8-21)6-20(5-11(17)13(18)22)15(24)12-4-19-9-25-12;1-3-5-11(13)12-7-4-6-10(8-12)9-14-2;1-7(12)10-9-4-2-8(6-11)3-5-9;;/h4,9-11H,3,5-8H2,1-2H3,(H2,18,22);10H,3-9H2,1-2H3;8-9,11H,2-6H2,1H3,(H,10,12);2*1H/t10-,11+;10-;;;/m10.../s1. The molecule has 3 saturated heterocycles. The molecule has 1 aromatic rings. The number of nitrogens with zero attached hydrogens (tertiary/aromatic N) is 4. The number of amides is 5. The highest BCUT2D eigenvalue weighted by Crippen LogP contribution is 2.54. The Hall–Kier alpha value is -3.10. The van der Waals surface area contributed by atoms with Gasteiger partial charge in [0.2, 0.25) is 23.6 Å². The summed E-state index contributed by atoms with van der Waals surface area (Å²) in [4.78, 5) is 69.4. The molecule has 13 nitrogen and oxygen atoms in total.